The molecular weight excluding hydrogens is 192 g/mol. The molecule has 0 atom stereocenters. The molecule has 0 saturated carbocycles. The Bertz CT molecular complexity index is 413. The molecule has 80 valence electrons. The first-order valence-electron chi connectivity index (χ1n) is 4.88. The summed E-state index contributed by atoms with van der Waals surface area (Å²) in [7, 11) is 0. The maximum absolute atomic E-state index is 9.40. The zero-order valence-electron chi connectivity index (χ0n) is 8.58. The molecule has 4 N–H and O–H groups in total. The van der Waals surface area contributed by atoms with Crippen LogP contribution in [0.4, 0.5) is 0 Å². The van der Waals surface area contributed by atoms with Gasteiger partial charge in [-0.2, -0.15) is 0 Å². The van der Waals surface area contributed by atoms with Crippen molar-refractivity contribution in [1.82, 2.24) is 5.48 Å². The molecule has 0 amide bonds. The molecule has 4 heteroatoms. The molecule has 4 nitrogen and oxygen atoms in total. The minimum absolute atomic E-state index is 0.241. The van der Waals surface area contributed by atoms with Gasteiger partial charge in [-0.15, -0.1) is 0 Å². The summed E-state index contributed by atoms with van der Waals surface area (Å²) in [5.41, 5.74) is 11.3. The van der Waals surface area contributed by atoms with Crippen molar-refractivity contribution in [3.63, 3.8) is 0 Å². The van der Waals surface area contributed by atoms with E-state index >= 15 is 0 Å². The third-order valence-corrected chi connectivity index (χ3v) is 2.50. The summed E-state index contributed by atoms with van der Waals surface area (Å²) in [5.74, 6) is 0.969. The molecule has 2 rings (SSSR count). The quantitative estimate of drug-likeness (QED) is 0.683. The van der Waals surface area contributed by atoms with Crippen molar-refractivity contribution in [3.05, 3.63) is 29.5 Å². The lowest BCUT2D eigenvalue weighted by molar-refractivity contribution is 0.219. The molecular formula is C11H14N2O2. The Labute approximate surface area is 88.3 Å². The Kier molecular flexibility index (Phi) is 2.51. The van der Waals surface area contributed by atoms with Crippen LogP contribution in [-0.2, 0) is 0 Å². The van der Waals surface area contributed by atoms with Crippen molar-refractivity contribution in [2.45, 2.75) is 13.3 Å². The van der Waals surface area contributed by atoms with Gasteiger partial charge < -0.3 is 15.7 Å². The van der Waals surface area contributed by atoms with Gasteiger partial charge >= 0.3 is 0 Å². The van der Waals surface area contributed by atoms with Gasteiger partial charge in [-0.05, 0) is 37.2 Å². The summed E-state index contributed by atoms with van der Waals surface area (Å²) in [6.07, 6.45) is 0.737. The van der Waals surface area contributed by atoms with Crippen molar-refractivity contribution >= 4 is 5.57 Å². The number of aromatic hydroxyl groups is 1. The second kappa shape index (κ2) is 3.82. The first-order valence-corrected chi connectivity index (χ1v) is 4.88. The van der Waals surface area contributed by atoms with E-state index in [1.807, 2.05) is 6.92 Å². The number of phenolic OH excluding ortho intramolecular Hbond substituents is 1. The van der Waals surface area contributed by atoms with Crippen molar-refractivity contribution in [2.75, 3.05) is 6.54 Å². The summed E-state index contributed by atoms with van der Waals surface area (Å²) in [5, 5.41) is 9.40. The van der Waals surface area contributed by atoms with E-state index in [1.54, 1.807) is 18.2 Å². The molecule has 0 fully saturated rings. The number of fused-ring (bicyclic) bond motifs is 1. The van der Waals surface area contributed by atoms with Crippen molar-refractivity contribution < 1.29 is 9.94 Å². The van der Waals surface area contributed by atoms with E-state index in [0.29, 0.717) is 6.54 Å². The molecule has 1 aliphatic heterocycles. The molecule has 0 aliphatic carbocycles. The van der Waals surface area contributed by atoms with Crippen LogP contribution in [0, 0.1) is 0 Å². The van der Waals surface area contributed by atoms with Gasteiger partial charge in [0.1, 0.15) is 5.75 Å². The summed E-state index contributed by atoms with van der Waals surface area (Å²) in [6, 6.07) is 5.03. The van der Waals surface area contributed by atoms with Crippen LogP contribution < -0.4 is 16.1 Å². The number of phenols is 1. The van der Waals surface area contributed by atoms with Crippen LogP contribution in [0.1, 0.15) is 18.9 Å². The molecule has 1 aromatic rings. The van der Waals surface area contributed by atoms with Gasteiger partial charge in [0, 0.05) is 12.0 Å². The van der Waals surface area contributed by atoms with Crippen molar-refractivity contribution in [1.29, 1.82) is 0 Å². The Balaban J connectivity index is 2.45. The standard InChI is InChI=1S/C11H14N2O2/c1-7-9-6-8(14)2-3-11(9)15-13-10(7)4-5-12/h2-3,6,13-14H,4-5,12H2,1H3. The third-order valence-electron chi connectivity index (χ3n) is 2.50. The van der Waals surface area contributed by atoms with Crippen molar-refractivity contribution in [3.8, 4) is 11.5 Å². The fraction of sp³-hybridized carbons (Fsp3) is 0.273. The van der Waals surface area contributed by atoms with Gasteiger partial charge in [0.15, 0.2) is 5.75 Å². The molecule has 1 heterocycles. The minimum Gasteiger partial charge on any atom is -0.508 e. The minimum atomic E-state index is 0.241. The smallest absolute Gasteiger partial charge is 0.162 e. The van der Waals surface area contributed by atoms with E-state index in [2.05, 4.69) is 5.48 Å². The monoisotopic (exact) mass is 206 g/mol. The van der Waals surface area contributed by atoms with Gasteiger partial charge in [-0.3, -0.25) is 0 Å². The first kappa shape index (κ1) is 9.86. The summed E-state index contributed by atoms with van der Waals surface area (Å²) < 4.78 is 0. The van der Waals surface area contributed by atoms with E-state index in [1.165, 1.54) is 0 Å². The Morgan fingerprint density at radius 2 is 2.27 bits per heavy atom. The lowest BCUT2D eigenvalue weighted by Crippen LogP contribution is -2.25. The molecule has 0 bridgehead atoms. The van der Waals surface area contributed by atoms with Crippen LogP contribution in [0.5, 0.6) is 11.5 Å². The second-order valence-electron chi connectivity index (χ2n) is 3.53. The van der Waals surface area contributed by atoms with Gasteiger partial charge in [0.05, 0.1) is 5.70 Å². The predicted octanol–water partition coefficient (Wildman–Crippen LogP) is 1.37. The molecule has 15 heavy (non-hydrogen) atoms. The predicted molar refractivity (Wildman–Crippen MR) is 58.1 cm³/mol. The largest absolute Gasteiger partial charge is 0.508 e. The maximum Gasteiger partial charge on any atom is 0.162 e. The highest BCUT2D eigenvalue weighted by Gasteiger charge is 2.16. The summed E-state index contributed by atoms with van der Waals surface area (Å²) in [6.45, 7) is 2.55. The number of hydroxylamine groups is 1. The molecule has 1 aliphatic rings. The van der Waals surface area contributed by atoms with Crippen molar-refractivity contribution in [2.24, 2.45) is 5.73 Å². The molecule has 1 aromatic carbocycles. The molecule has 0 spiro atoms. The highest BCUT2D eigenvalue weighted by atomic mass is 16.6. The number of rotatable bonds is 2. The average Bonchev–Trinajstić information content (AvgIpc) is 2.23. The number of allylic oxidation sites excluding steroid dienone is 1. The molecule has 0 saturated heterocycles. The van der Waals surface area contributed by atoms with E-state index in [0.717, 1.165) is 29.0 Å². The first-order chi connectivity index (χ1) is 7.22. The van der Waals surface area contributed by atoms with Crippen LogP contribution >= 0.6 is 0 Å². The Morgan fingerprint density at radius 3 is 3.00 bits per heavy atom. The fourth-order valence-electron chi connectivity index (χ4n) is 1.64. The van der Waals surface area contributed by atoms with Gasteiger partial charge in [0.25, 0.3) is 0 Å². The van der Waals surface area contributed by atoms with E-state index in [4.69, 9.17) is 10.6 Å². The topological polar surface area (TPSA) is 67.5 Å². The Hall–Kier alpha value is -1.68. The van der Waals surface area contributed by atoms with Crippen LogP contribution in [-0.4, -0.2) is 11.7 Å². The van der Waals surface area contributed by atoms with Crippen LogP contribution in [0.15, 0.2) is 23.9 Å². The van der Waals surface area contributed by atoms with E-state index in [9.17, 15) is 5.11 Å². The zero-order chi connectivity index (χ0) is 10.8. The number of benzene rings is 1. The average molecular weight is 206 g/mol. The second-order valence-corrected chi connectivity index (χ2v) is 3.53. The van der Waals surface area contributed by atoms with Crippen LogP contribution in [0.2, 0.25) is 0 Å². The van der Waals surface area contributed by atoms with Gasteiger partial charge in [-0.25, -0.2) is 5.48 Å². The molecule has 0 radical (unpaired) electrons. The molecule has 0 aromatic heterocycles. The highest BCUT2D eigenvalue weighted by molar-refractivity contribution is 5.73. The number of nitrogens with two attached hydrogens (primary N) is 1. The third kappa shape index (κ3) is 1.76. The molecule has 0 unspecified atom stereocenters. The maximum atomic E-state index is 9.40. The SMILES string of the molecule is CC1=C(CCN)NOc2ccc(O)cc21. The lowest BCUT2D eigenvalue weighted by Gasteiger charge is -2.22. The van der Waals surface area contributed by atoms with E-state index < -0.39 is 0 Å². The highest BCUT2D eigenvalue weighted by Crippen LogP contribution is 2.33. The Morgan fingerprint density at radius 1 is 1.47 bits per heavy atom. The van der Waals surface area contributed by atoms with E-state index in [-0.39, 0.29) is 5.75 Å². The van der Waals surface area contributed by atoms with Gasteiger partial charge in [0.2, 0.25) is 0 Å². The normalized spacial score (nSPS) is 14.3. The fourth-order valence-corrected chi connectivity index (χ4v) is 1.64. The van der Waals surface area contributed by atoms with Crippen LogP contribution in [0.3, 0.4) is 0 Å². The van der Waals surface area contributed by atoms with Gasteiger partial charge in [-0.1, -0.05) is 0 Å². The number of hydrogen-bond donors (Lipinski definition) is 3. The van der Waals surface area contributed by atoms with Crippen LogP contribution in [0.25, 0.3) is 5.57 Å². The lowest BCUT2D eigenvalue weighted by atomic mass is 10.0. The summed E-state index contributed by atoms with van der Waals surface area (Å²) in [4.78, 5) is 5.34. The number of hydrogen-bond acceptors (Lipinski definition) is 4. The zero-order valence-corrected chi connectivity index (χ0v) is 8.58. The number of nitrogens with one attached hydrogen (secondary N) is 1. The summed E-state index contributed by atoms with van der Waals surface area (Å²) >= 11 is 0.